The number of rotatable bonds is 2. The number of para-hydroxylation sites is 3. The molecule has 1 heterocycles. The lowest BCUT2D eigenvalue weighted by Gasteiger charge is -2.04. The van der Waals surface area contributed by atoms with Gasteiger partial charge in [0, 0.05) is 0 Å². The van der Waals surface area contributed by atoms with Gasteiger partial charge in [0.1, 0.15) is 5.52 Å². The summed E-state index contributed by atoms with van der Waals surface area (Å²) in [6, 6.07) is 13.2. The van der Waals surface area contributed by atoms with Crippen molar-refractivity contribution >= 4 is 34.2 Å². The van der Waals surface area contributed by atoms with Crippen LogP contribution in [0.25, 0.3) is 22.1 Å². The molecule has 0 spiro atoms. The Morgan fingerprint density at radius 2 is 1.59 bits per heavy atom. The SMILES string of the molecule is O=CNc1cccc2nc3ccccc3nc12. The van der Waals surface area contributed by atoms with Crippen molar-refractivity contribution in [3.05, 3.63) is 42.5 Å². The first-order valence-corrected chi connectivity index (χ1v) is 5.24. The van der Waals surface area contributed by atoms with Crippen molar-refractivity contribution < 1.29 is 4.79 Å². The first-order chi connectivity index (χ1) is 8.38. The van der Waals surface area contributed by atoms with Crippen molar-refractivity contribution in [3.63, 3.8) is 0 Å². The van der Waals surface area contributed by atoms with Crippen LogP contribution in [0.2, 0.25) is 0 Å². The summed E-state index contributed by atoms with van der Waals surface area (Å²) in [5.41, 5.74) is 3.83. The molecule has 0 fully saturated rings. The standard InChI is InChI=1S/C13H9N3O/c17-8-14-11-6-3-7-12-13(11)16-10-5-2-1-4-9(10)15-12/h1-8H,(H,14,17). The Hall–Kier alpha value is -2.49. The number of anilines is 1. The summed E-state index contributed by atoms with van der Waals surface area (Å²) in [4.78, 5) is 19.5. The molecule has 1 amide bonds. The van der Waals surface area contributed by atoms with Crippen LogP contribution in [0.4, 0.5) is 5.69 Å². The van der Waals surface area contributed by atoms with E-state index in [2.05, 4.69) is 15.3 Å². The average molecular weight is 223 g/mol. The molecule has 3 rings (SSSR count). The second kappa shape index (κ2) is 3.83. The summed E-state index contributed by atoms with van der Waals surface area (Å²) >= 11 is 0. The molecule has 4 heteroatoms. The summed E-state index contributed by atoms with van der Waals surface area (Å²) in [7, 11) is 0. The number of hydrogen-bond donors (Lipinski definition) is 1. The Kier molecular flexibility index (Phi) is 2.19. The van der Waals surface area contributed by atoms with Gasteiger partial charge in [-0.15, -0.1) is 0 Å². The van der Waals surface area contributed by atoms with Gasteiger partial charge in [-0.2, -0.15) is 0 Å². The van der Waals surface area contributed by atoms with Gasteiger partial charge < -0.3 is 5.32 Å². The maximum absolute atomic E-state index is 10.5. The van der Waals surface area contributed by atoms with Gasteiger partial charge in [0.05, 0.1) is 22.2 Å². The minimum Gasteiger partial charge on any atom is -0.327 e. The quantitative estimate of drug-likeness (QED) is 0.536. The molecule has 1 aromatic heterocycles. The highest BCUT2D eigenvalue weighted by Crippen LogP contribution is 2.22. The largest absolute Gasteiger partial charge is 0.327 e. The molecule has 0 saturated carbocycles. The van der Waals surface area contributed by atoms with Crippen LogP contribution < -0.4 is 5.32 Å². The molecule has 0 saturated heterocycles. The molecule has 4 nitrogen and oxygen atoms in total. The van der Waals surface area contributed by atoms with Crippen LogP contribution in [0.5, 0.6) is 0 Å². The van der Waals surface area contributed by atoms with Crippen molar-refractivity contribution in [2.45, 2.75) is 0 Å². The second-order valence-electron chi connectivity index (χ2n) is 3.65. The molecule has 0 bridgehead atoms. The van der Waals surface area contributed by atoms with E-state index in [0.717, 1.165) is 16.6 Å². The maximum atomic E-state index is 10.5. The fraction of sp³-hybridized carbons (Fsp3) is 0. The van der Waals surface area contributed by atoms with Gasteiger partial charge in [-0.3, -0.25) is 4.79 Å². The van der Waals surface area contributed by atoms with Crippen molar-refractivity contribution in [1.82, 2.24) is 9.97 Å². The minimum atomic E-state index is 0.644. The number of nitrogens with one attached hydrogen (secondary N) is 1. The smallest absolute Gasteiger partial charge is 0.211 e. The van der Waals surface area contributed by atoms with Crippen molar-refractivity contribution in [2.75, 3.05) is 5.32 Å². The number of fused-ring (bicyclic) bond motifs is 2. The monoisotopic (exact) mass is 223 g/mol. The number of benzene rings is 2. The van der Waals surface area contributed by atoms with E-state index in [1.54, 1.807) is 6.07 Å². The van der Waals surface area contributed by atoms with Crippen LogP contribution in [-0.2, 0) is 4.79 Å². The number of aromatic nitrogens is 2. The van der Waals surface area contributed by atoms with Gasteiger partial charge in [0.2, 0.25) is 6.41 Å². The predicted molar refractivity (Wildman–Crippen MR) is 66.7 cm³/mol. The zero-order chi connectivity index (χ0) is 11.7. The van der Waals surface area contributed by atoms with E-state index in [1.807, 2.05) is 36.4 Å². The Morgan fingerprint density at radius 1 is 0.882 bits per heavy atom. The molecule has 0 aliphatic heterocycles. The predicted octanol–water partition coefficient (Wildman–Crippen LogP) is 2.35. The maximum Gasteiger partial charge on any atom is 0.211 e. The van der Waals surface area contributed by atoms with E-state index in [9.17, 15) is 4.79 Å². The topological polar surface area (TPSA) is 54.9 Å². The summed E-state index contributed by atoms with van der Waals surface area (Å²) in [6.07, 6.45) is 0.644. The molecule has 0 aliphatic carbocycles. The minimum absolute atomic E-state index is 0.644. The first kappa shape index (κ1) is 9.72. The van der Waals surface area contributed by atoms with Gasteiger partial charge >= 0.3 is 0 Å². The fourth-order valence-corrected chi connectivity index (χ4v) is 1.82. The molecule has 0 atom stereocenters. The van der Waals surface area contributed by atoms with Gasteiger partial charge in [0.15, 0.2) is 0 Å². The van der Waals surface area contributed by atoms with Crippen molar-refractivity contribution in [3.8, 4) is 0 Å². The average Bonchev–Trinajstić information content (AvgIpc) is 2.37. The van der Waals surface area contributed by atoms with Gasteiger partial charge in [0.25, 0.3) is 0 Å². The van der Waals surface area contributed by atoms with Crippen LogP contribution in [0, 0.1) is 0 Å². The van der Waals surface area contributed by atoms with Crippen LogP contribution in [0.3, 0.4) is 0 Å². The highest BCUT2D eigenvalue weighted by atomic mass is 16.1. The first-order valence-electron chi connectivity index (χ1n) is 5.24. The van der Waals surface area contributed by atoms with E-state index in [0.29, 0.717) is 17.6 Å². The second-order valence-corrected chi connectivity index (χ2v) is 3.65. The molecule has 3 aromatic rings. The highest BCUT2D eigenvalue weighted by molar-refractivity contribution is 5.96. The number of hydrogen-bond acceptors (Lipinski definition) is 3. The third kappa shape index (κ3) is 1.59. The Morgan fingerprint density at radius 3 is 2.35 bits per heavy atom. The lowest BCUT2D eigenvalue weighted by molar-refractivity contribution is -0.105. The summed E-state index contributed by atoms with van der Waals surface area (Å²) in [5, 5.41) is 2.63. The third-order valence-corrected chi connectivity index (χ3v) is 2.58. The number of nitrogens with zero attached hydrogens (tertiary/aromatic N) is 2. The van der Waals surface area contributed by atoms with Crippen molar-refractivity contribution in [2.24, 2.45) is 0 Å². The van der Waals surface area contributed by atoms with Gasteiger partial charge in [-0.1, -0.05) is 18.2 Å². The summed E-state index contributed by atoms with van der Waals surface area (Å²) < 4.78 is 0. The van der Waals surface area contributed by atoms with E-state index in [-0.39, 0.29) is 0 Å². The third-order valence-electron chi connectivity index (χ3n) is 2.58. The van der Waals surface area contributed by atoms with Crippen LogP contribution in [-0.4, -0.2) is 16.4 Å². The molecule has 0 aliphatic rings. The molecule has 0 unspecified atom stereocenters. The molecular formula is C13H9N3O. The fourth-order valence-electron chi connectivity index (χ4n) is 1.82. The van der Waals surface area contributed by atoms with Gasteiger partial charge in [-0.05, 0) is 24.3 Å². The highest BCUT2D eigenvalue weighted by Gasteiger charge is 2.04. The number of carbonyl (C=O) groups excluding carboxylic acids is 1. The van der Waals surface area contributed by atoms with Crippen LogP contribution >= 0.6 is 0 Å². The van der Waals surface area contributed by atoms with Crippen LogP contribution in [0.1, 0.15) is 0 Å². The zero-order valence-electron chi connectivity index (χ0n) is 8.92. The lowest BCUT2D eigenvalue weighted by Crippen LogP contribution is -1.97. The molecule has 82 valence electrons. The molecular weight excluding hydrogens is 214 g/mol. The Balaban J connectivity index is 2.39. The van der Waals surface area contributed by atoms with E-state index in [1.165, 1.54) is 0 Å². The molecule has 17 heavy (non-hydrogen) atoms. The number of carbonyl (C=O) groups is 1. The zero-order valence-corrected chi connectivity index (χ0v) is 8.92. The van der Waals surface area contributed by atoms with E-state index < -0.39 is 0 Å². The number of amides is 1. The Labute approximate surface area is 97.3 Å². The Bertz CT molecular complexity index is 709. The lowest BCUT2D eigenvalue weighted by atomic mass is 10.2. The molecule has 0 radical (unpaired) electrons. The van der Waals surface area contributed by atoms with E-state index in [4.69, 9.17) is 0 Å². The normalized spacial score (nSPS) is 10.6. The van der Waals surface area contributed by atoms with Crippen molar-refractivity contribution in [1.29, 1.82) is 0 Å². The molecule has 2 aromatic carbocycles. The van der Waals surface area contributed by atoms with Gasteiger partial charge in [-0.25, -0.2) is 9.97 Å². The molecule has 1 N–H and O–H groups in total. The van der Waals surface area contributed by atoms with Crippen LogP contribution in [0.15, 0.2) is 42.5 Å². The summed E-state index contributed by atoms with van der Waals surface area (Å²) in [6.45, 7) is 0. The van der Waals surface area contributed by atoms with E-state index >= 15 is 0 Å². The summed E-state index contributed by atoms with van der Waals surface area (Å²) in [5.74, 6) is 0.